The van der Waals surface area contributed by atoms with Gasteiger partial charge in [-0.1, -0.05) is 5.21 Å². The molecule has 1 heterocycles. The summed E-state index contributed by atoms with van der Waals surface area (Å²) in [6, 6.07) is 10.7. The number of benzene rings is 2. The van der Waals surface area contributed by atoms with E-state index in [2.05, 4.69) is 10.3 Å². The van der Waals surface area contributed by atoms with E-state index >= 15 is 0 Å². The van der Waals surface area contributed by atoms with Gasteiger partial charge in [-0.3, -0.25) is 10.1 Å². The molecule has 2 aromatic carbocycles. The van der Waals surface area contributed by atoms with Crippen LogP contribution in [0.25, 0.3) is 5.69 Å². The predicted molar refractivity (Wildman–Crippen MR) is 83.5 cm³/mol. The fraction of sp³-hybridized carbons (Fsp3) is 0.0625. The van der Waals surface area contributed by atoms with E-state index in [-0.39, 0.29) is 17.9 Å². The van der Waals surface area contributed by atoms with Crippen molar-refractivity contribution in [2.75, 3.05) is 0 Å². The summed E-state index contributed by atoms with van der Waals surface area (Å²) >= 11 is 0. The molecule has 0 radical (unpaired) electrons. The number of aromatic nitrogens is 3. The minimum atomic E-state index is -0.607. The maximum atomic E-state index is 12.8. The summed E-state index contributed by atoms with van der Waals surface area (Å²) in [5, 5.41) is 18.4. The van der Waals surface area contributed by atoms with Crippen molar-refractivity contribution in [1.82, 2.24) is 15.0 Å². The molecule has 0 aliphatic carbocycles. The number of halogens is 1. The smallest absolute Gasteiger partial charge is 0.338 e. The van der Waals surface area contributed by atoms with Crippen molar-refractivity contribution in [2.45, 2.75) is 6.61 Å². The van der Waals surface area contributed by atoms with Crippen LogP contribution in [0.4, 0.5) is 10.1 Å². The van der Waals surface area contributed by atoms with Gasteiger partial charge in [0.05, 0.1) is 22.4 Å². The van der Waals surface area contributed by atoms with E-state index in [1.807, 2.05) is 0 Å². The van der Waals surface area contributed by atoms with Gasteiger partial charge in [0.25, 0.3) is 5.69 Å². The lowest BCUT2D eigenvalue weighted by Crippen LogP contribution is -2.05. The van der Waals surface area contributed by atoms with Gasteiger partial charge in [-0.2, -0.15) is 0 Å². The minimum absolute atomic E-state index is 0.0303. The Balaban J connectivity index is 1.64. The molecular formula is C16H11FN4O4. The molecule has 0 spiro atoms. The summed E-state index contributed by atoms with van der Waals surface area (Å²) in [6.07, 6.45) is 1.54. The van der Waals surface area contributed by atoms with Crippen LogP contribution in [-0.4, -0.2) is 25.9 Å². The Morgan fingerprint density at radius 1 is 1.16 bits per heavy atom. The monoisotopic (exact) mass is 342 g/mol. The summed E-state index contributed by atoms with van der Waals surface area (Å²) in [6.45, 7) is -0.108. The zero-order valence-corrected chi connectivity index (χ0v) is 12.7. The van der Waals surface area contributed by atoms with Crippen LogP contribution in [-0.2, 0) is 11.3 Å². The third-order valence-corrected chi connectivity index (χ3v) is 3.30. The second kappa shape index (κ2) is 6.87. The van der Waals surface area contributed by atoms with E-state index in [0.717, 1.165) is 0 Å². The average molecular weight is 342 g/mol. The standard InChI is InChI=1S/C16H11FN4O4/c17-12-3-1-11(2-4-12)16(22)25-10-13-9-20(19-18-13)14-5-7-15(8-6-14)21(23)24/h1-9H,10H2. The highest BCUT2D eigenvalue weighted by Crippen LogP contribution is 2.15. The molecule has 8 nitrogen and oxygen atoms in total. The summed E-state index contributed by atoms with van der Waals surface area (Å²) < 4.78 is 19.3. The van der Waals surface area contributed by atoms with Crippen molar-refractivity contribution < 1.29 is 18.8 Å². The summed E-state index contributed by atoms with van der Waals surface area (Å²) in [4.78, 5) is 22.0. The second-order valence-corrected chi connectivity index (χ2v) is 5.01. The Hall–Kier alpha value is -3.62. The van der Waals surface area contributed by atoms with E-state index in [1.54, 1.807) is 6.20 Å². The summed E-state index contributed by atoms with van der Waals surface area (Å²) in [5.74, 6) is -1.05. The fourth-order valence-electron chi connectivity index (χ4n) is 2.03. The largest absolute Gasteiger partial charge is 0.455 e. The number of carbonyl (C=O) groups excluding carboxylic acids is 1. The van der Waals surface area contributed by atoms with Crippen molar-refractivity contribution in [3.05, 3.63) is 81.9 Å². The Labute approximate surface area is 140 Å². The highest BCUT2D eigenvalue weighted by molar-refractivity contribution is 5.89. The molecule has 0 unspecified atom stereocenters. The van der Waals surface area contributed by atoms with Gasteiger partial charge in [-0.05, 0) is 36.4 Å². The van der Waals surface area contributed by atoms with Crippen molar-refractivity contribution in [1.29, 1.82) is 0 Å². The van der Waals surface area contributed by atoms with Gasteiger partial charge in [0.1, 0.15) is 18.1 Å². The van der Waals surface area contributed by atoms with E-state index in [1.165, 1.54) is 53.2 Å². The highest BCUT2D eigenvalue weighted by atomic mass is 19.1. The number of nitro benzene ring substituents is 1. The van der Waals surface area contributed by atoms with Crippen molar-refractivity contribution in [3.8, 4) is 5.69 Å². The summed E-state index contributed by atoms with van der Waals surface area (Å²) in [7, 11) is 0. The molecule has 9 heteroatoms. The first-order valence-electron chi connectivity index (χ1n) is 7.12. The Bertz CT molecular complexity index is 907. The van der Waals surface area contributed by atoms with E-state index in [9.17, 15) is 19.3 Å². The first-order chi connectivity index (χ1) is 12.0. The molecule has 126 valence electrons. The lowest BCUT2D eigenvalue weighted by molar-refractivity contribution is -0.384. The third kappa shape index (κ3) is 3.83. The quantitative estimate of drug-likeness (QED) is 0.401. The van der Waals surface area contributed by atoms with E-state index in [4.69, 9.17) is 4.74 Å². The number of hydrogen-bond donors (Lipinski definition) is 0. The van der Waals surface area contributed by atoms with Gasteiger partial charge in [-0.25, -0.2) is 13.9 Å². The normalized spacial score (nSPS) is 10.4. The molecule has 0 aliphatic heterocycles. The van der Waals surface area contributed by atoms with Crippen LogP contribution in [0.1, 0.15) is 16.1 Å². The second-order valence-electron chi connectivity index (χ2n) is 5.01. The van der Waals surface area contributed by atoms with E-state index in [0.29, 0.717) is 11.4 Å². The lowest BCUT2D eigenvalue weighted by atomic mass is 10.2. The molecule has 0 saturated heterocycles. The van der Waals surface area contributed by atoms with Crippen LogP contribution < -0.4 is 0 Å². The van der Waals surface area contributed by atoms with Crippen LogP contribution >= 0.6 is 0 Å². The minimum Gasteiger partial charge on any atom is -0.455 e. The number of carbonyl (C=O) groups is 1. The van der Waals surface area contributed by atoms with Crippen LogP contribution in [0.5, 0.6) is 0 Å². The van der Waals surface area contributed by atoms with Crippen LogP contribution in [0, 0.1) is 15.9 Å². The molecule has 0 fully saturated rings. The number of nitro groups is 1. The number of hydrogen-bond acceptors (Lipinski definition) is 6. The third-order valence-electron chi connectivity index (χ3n) is 3.30. The Morgan fingerprint density at radius 2 is 1.84 bits per heavy atom. The van der Waals surface area contributed by atoms with Crippen molar-refractivity contribution in [2.24, 2.45) is 0 Å². The molecule has 3 rings (SSSR count). The first-order valence-corrected chi connectivity index (χ1v) is 7.12. The predicted octanol–water partition coefficient (Wildman–Crippen LogP) is 2.67. The number of non-ortho nitro benzene ring substituents is 1. The van der Waals surface area contributed by atoms with Gasteiger partial charge >= 0.3 is 5.97 Å². The zero-order chi connectivity index (χ0) is 17.8. The molecule has 0 atom stereocenters. The highest BCUT2D eigenvalue weighted by Gasteiger charge is 2.10. The zero-order valence-electron chi connectivity index (χ0n) is 12.7. The fourth-order valence-corrected chi connectivity index (χ4v) is 2.03. The van der Waals surface area contributed by atoms with Gasteiger partial charge in [0.2, 0.25) is 0 Å². The van der Waals surface area contributed by atoms with Crippen LogP contribution in [0.3, 0.4) is 0 Å². The SMILES string of the molecule is O=C(OCc1cn(-c2ccc([N+](=O)[O-])cc2)nn1)c1ccc(F)cc1. The molecule has 0 bridgehead atoms. The summed E-state index contributed by atoms with van der Waals surface area (Å²) in [5.41, 5.74) is 1.17. The molecule has 0 saturated carbocycles. The van der Waals surface area contributed by atoms with Crippen molar-refractivity contribution >= 4 is 11.7 Å². The maximum absolute atomic E-state index is 12.8. The molecular weight excluding hydrogens is 331 g/mol. The molecule has 0 amide bonds. The molecule has 0 N–H and O–H groups in total. The molecule has 1 aromatic heterocycles. The maximum Gasteiger partial charge on any atom is 0.338 e. The Kier molecular flexibility index (Phi) is 4.46. The van der Waals surface area contributed by atoms with Gasteiger partial charge in [0.15, 0.2) is 0 Å². The number of rotatable bonds is 5. The molecule has 3 aromatic rings. The van der Waals surface area contributed by atoms with Crippen LogP contribution in [0.2, 0.25) is 0 Å². The molecule has 25 heavy (non-hydrogen) atoms. The Morgan fingerprint density at radius 3 is 2.48 bits per heavy atom. The number of ether oxygens (including phenoxy) is 1. The first kappa shape index (κ1) is 16.2. The van der Waals surface area contributed by atoms with Crippen LogP contribution in [0.15, 0.2) is 54.7 Å². The van der Waals surface area contributed by atoms with E-state index < -0.39 is 16.7 Å². The van der Waals surface area contributed by atoms with Gasteiger partial charge < -0.3 is 4.74 Å². The number of esters is 1. The van der Waals surface area contributed by atoms with Crippen molar-refractivity contribution in [3.63, 3.8) is 0 Å². The average Bonchev–Trinajstić information content (AvgIpc) is 3.09. The van der Waals surface area contributed by atoms with Gasteiger partial charge in [0, 0.05) is 12.1 Å². The molecule has 0 aliphatic rings. The lowest BCUT2D eigenvalue weighted by Gasteiger charge is -2.02. The number of nitrogens with zero attached hydrogens (tertiary/aromatic N) is 4. The topological polar surface area (TPSA) is 100 Å². The van der Waals surface area contributed by atoms with Gasteiger partial charge in [-0.15, -0.1) is 5.10 Å².